The van der Waals surface area contributed by atoms with Crippen LogP contribution in [0.5, 0.6) is 0 Å². The average Bonchev–Trinajstić information content (AvgIpc) is 2.85. The zero-order valence-electron chi connectivity index (χ0n) is 18.6. The summed E-state index contributed by atoms with van der Waals surface area (Å²) in [5.74, 6) is 1.48. The molecule has 1 saturated heterocycles. The van der Waals surface area contributed by atoms with Gasteiger partial charge in [-0.25, -0.2) is 9.37 Å². The van der Waals surface area contributed by atoms with Crippen molar-refractivity contribution in [2.24, 2.45) is 5.92 Å². The number of piperazine rings is 1. The molecule has 0 radical (unpaired) electrons. The number of rotatable bonds is 5. The molecule has 0 amide bonds. The van der Waals surface area contributed by atoms with Gasteiger partial charge in [0.2, 0.25) is 0 Å². The van der Waals surface area contributed by atoms with E-state index in [4.69, 9.17) is 4.98 Å². The SMILES string of the molecule is Fc1cccc(-c2ccc(N3CCNCC3)nc2-c2ccnc(CC3CCCCC3)c2)c1. The summed E-state index contributed by atoms with van der Waals surface area (Å²) in [4.78, 5) is 12.1. The van der Waals surface area contributed by atoms with Crippen molar-refractivity contribution in [2.75, 3.05) is 31.1 Å². The highest BCUT2D eigenvalue weighted by molar-refractivity contribution is 5.82. The van der Waals surface area contributed by atoms with E-state index in [2.05, 4.69) is 33.4 Å². The second-order valence-electron chi connectivity index (χ2n) is 9.06. The molecule has 4 nitrogen and oxygen atoms in total. The molecular weight excluding hydrogens is 399 g/mol. The molecule has 1 aliphatic heterocycles. The quantitative estimate of drug-likeness (QED) is 0.582. The zero-order valence-corrected chi connectivity index (χ0v) is 18.6. The summed E-state index contributed by atoms with van der Waals surface area (Å²) in [6.45, 7) is 3.80. The van der Waals surface area contributed by atoms with Gasteiger partial charge in [-0.1, -0.05) is 44.2 Å². The first-order chi connectivity index (χ1) is 15.8. The molecule has 5 rings (SSSR count). The number of anilines is 1. The van der Waals surface area contributed by atoms with Crippen molar-refractivity contribution >= 4 is 5.82 Å². The van der Waals surface area contributed by atoms with Crippen LogP contribution in [0.15, 0.2) is 54.7 Å². The van der Waals surface area contributed by atoms with E-state index in [0.717, 1.165) is 72.4 Å². The molecule has 2 fully saturated rings. The normalized spacial score (nSPS) is 17.5. The van der Waals surface area contributed by atoms with Gasteiger partial charge in [-0.05, 0) is 54.3 Å². The van der Waals surface area contributed by atoms with Crippen LogP contribution in [-0.4, -0.2) is 36.1 Å². The van der Waals surface area contributed by atoms with E-state index in [9.17, 15) is 4.39 Å². The lowest BCUT2D eigenvalue weighted by molar-refractivity contribution is 0.354. The number of nitrogens with one attached hydrogen (secondary N) is 1. The van der Waals surface area contributed by atoms with Gasteiger partial charge in [0, 0.05) is 49.2 Å². The van der Waals surface area contributed by atoms with Crippen LogP contribution in [0.3, 0.4) is 0 Å². The standard InChI is InChI=1S/C27H31FN4/c28-23-8-4-7-21(18-23)25-9-10-26(32-15-13-29-14-16-32)31-27(25)22-11-12-30-24(19-22)17-20-5-2-1-3-6-20/h4,7-12,18-20,29H,1-3,5-6,13-17H2. The molecule has 5 heteroatoms. The van der Waals surface area contributed by atoms with E-state index in [1.807, 2.05) is 18.3 Å². The number of aromatic nitrogens is 2. The van der Waals surface area contributed by atoms with E-state index in [1.54, 1.807) is 12.1 Å². The number of nitrogens with zero attached hydrogens (tertiary/aromatic N) is 3. The van der Waals surface area contributed by atoms with Crippen LogP contribution >= 0.6 is 0 Å². The Morgan fingerprint density at radius 2 is 1.78 bits per heavy atom. The Hall–Kier alpha value is -2.79. The Morgan fingerprint density at radius 3 is 2.59 bits per heavy atom. The highest BCUT2D eigenvalue weighted by Crippen LogP contribution is 2.34. The average molecular weight is 431 g/mol. The van der Waals surface area contributed by atoms with Crippen LogP contribution < -0.4 is 10.2 Å². The van der Waals surface area contributed by atoms with E-state index in [-0.39, 0.29) is 5.82 Å². The zero-order chi connectivity index (χ0) is 21.8. The predicted molar refractivity (Wildman–Crippen MR) is 128 cm³/mol. The number of pyridine rings is 2. The summed E-state index contributed by atoms with van der Waals surface area (Å²) in [5, 5.41) is 3.40. The third-order valence-corrected chi connectivity index (χ3v) is 6.77. The Balaban J connectivity index is 1.53. The van der Waals surface area contributed by atoms with Gasteiger partial charge in [-0.15, -0.1) is 0 Å². The number of halogens is 1. The van der Waals surface area contributed by atoms with Gasteiger partial charge in [0.1, 0.15) is 11.6 Å². The highest BCUT2D eigenvalue weighted by Gasteiger charge is 2.18. The van der Waals surface area contributed by atoms with Crippen molar-refractivity contribution < 1.29 is 4.39 Å². The second kappa shape index (κ2) is 9.78. The highest BCUT2D eigenvalue weighted by atomic mass is 19.1. The Kier molecular flexibility index (Phi) is 6.44. The maximum absolute atomic E-state index is 14.0. The van der Waals surface area contributed by atoms with Gasteiger partial charge in [0.05, 0.1) is 5.69 Å². The molecule has 0 bridgehead atoms. The molecule has 166 valence electrons. The number of benzene rings is 1. The molecule has 3 aromatic rings. The molecule has 1 aromatic carbocycles. The fourth-order valence-corrected chi connectivity index (χ4v) is 5.05. The Bertz CT molecular complexity index is 1060. The fourth-order valence-electron chi connectivity index (χ4n) is 5.05. The maximum Gasteiger partial charge on any atom is 0.129 e. The van der Waals surface area contributed by atoms with Crippen molar-refractivity contribution in [3.8, 4) is 22.4 Å². The van der Waals surface area contributed by atoms with Crippen LogP contribution in [0, 0.1) is 11.7 Å². The molecular formula is C27H31FN4. The summed E-state index contributed by atoms with van der Waals surface area (Å²) in [6, 6.07) is 15.2. The predicted octanol–water partition coefficient (Wildman–Crippen LogP) is 5.48. The minimum atomic E-state index is -0.229. The van der Waals surface area contributed by atoms with Crippen molar-refractivity contribution in [3.63, 3.8) is 0 Å². The van der Waals surface area contributed by atoms with Gasteiger partial charge in [0.15, 0.2) is 0 Å². The maximum atomic E-state index is 14.0. The molecule has 1 saturated carbocycles. The van der Waals surface area contributed by atoms with Crippen molar-refractivity contribution in [1.82, 2.24) is 15.3 Å². The fraction of sp³-hybridized carbons (Fsp3) is 0.407. The van der Waals surface area contributed by atoms with Crippen LogP contribution in [0.4, 0.5) is 10.2 Å². The largest absolute Gasteiger partial charge is 0.354 e. The van der Waals surface area contributed by atoms with Crippen LogP contribution in [-0.2, 0) is 6.42 Å². The third-order valence-electron chi connectivity index (χ3n) is 6.77. The molecule has 2 aromatic heterocycles. The first kappa shape index (κ1) is 21.1. The molecule has 2 aliphatic rings. The number of hydrogen-bond donors (Lipinski definition) is 1. The van der Waals surface area contributed by atoms with Crippen molar-refractivity contribution in [3.05, 3.63) is 66.2 Å². The van der Waals surface area contributed by atoms with Gasteiger partial charge >= 0.3 is 0 Å². The van der Waals surface area contributed by atoms with Crippen LogP contribution in [0.2, 0.25) is 0 Å². The lowest BCUT2D eigenvalue weighted by Crippen LogP contribution is -2.43. The first-order valence-corrected chi connectivity index (χ1v) is 11.9. The lowest BCUT2D eigenvalue weighted by atomic mass is 9.86. The minimum Gasteiger partial charge on any atom is -0.354 e. The monoisotopic (exact) mass is 430 g/mol. The summed E-state index contributed by atoms with van der Waals surface area (Å²) in [5.41, 5.74) is 4.90. The van der Waals surface area contributed by atoms with E-state index in [1.165, 1.54) is 38.2 Å². The Labute approximate surface area is 189 Å². The van der Waals surface area contributed by atoms with Crippen molar-refractivity contribution in [2.45, 2.75) is 38.5 Å². The van der Waals surface area contributed by atoms with E-state index < -0.39 is 0 Å². The molecule has 1 N–H and O–H groups in total. The first-order valence-electron chi connectivity index (χ1n) is 11.9. The summed E-state index contributed by atoms with van der Waals surface area (Å²) < 4.78 is 14.0. The van der Waals surface area contributed by atoms with Crippen LogP contribution in [0.25, 0.3) is 22.4 Å². The molecule has 32 heavy (non-hydrogen) atoms. The van der Waals surface area contributed by atoms with E-state index in [0.29, 0.717) is 0 Å². The van der Waals surface area contributed by atoms with Gasteiger partial charge in [-0.3, -0.25) is 4.98 Å². The Morgan fingerprint density at radius 1 is 0.938 bits per heavy atom. The lowest BCUT2D eigenvalue weighted by Gasteiger charge is -2.29. The van der Waals surface area contributed by atoms with Gasteiger partial charge < -0.3 is 10.2 Å². The molecule has 0 atom stereocenters. The van der Waals surface area contributed by atoms with Gasteiger partial charge in [-0.2, -0.15) is 0 Å². The minimum absolute atomic E-state index is 0.229. The van der Waals surface area contributed by atoms with Gasteiger partial charge in [0.25, 0.3) is 0 Å². The van der Waals surface area contributed by atoms with Crippen LogP contribution in [0.1, 0.15) is 37.8 Å². The molecule has 1 aliphatic carbocycles. The second-order valence-corrected chi connectivity index (χ2v) is 9.06. The topological polar surface area (TPSA) is 41.0 Å². The van der Waals surface area contributed by atoms with Crippen molar-refractivity contribution in [1.29, 1.82) is 0 Å². The summed E-state index contributed by atoms with van der Waals surface area (Å²) in [6.07, 6.45) is 9.57. The van der Waals surface area contributed by atoms with E-state index >= 15 is 0 Å². The smallest absolute Gasteiger partial charge is 0.129 e. The molecule has 3 heterocycles. The summed E-state index contributed by atoms with van der Waals surface area (Å²) >= 11 is 0. The molecule has 0 spiro atoms. The molecule has 0 unspecified atom stereocenters. The summed E-state index contributed by atoms with van der Waals surface area (Å²) in [7, 11) is 0. The third kappa shape index (κ3) is 4.83. The number of hydrogen-bond acceptors (Lipinski definition) is 4.